The van der Waals surface area contributed by atoms with Crippen molar-refractivity contribution in [3.8, 4) is 5.75 Å². The number of methoxy groups -OCH3 is 1. The van der Waals surface area contributed by atoms with Crippen LogP contribution >= 0.6 is 15.9 Å². The Morgan fingerprint density at radius 2 is 1.90 bits per heavy atom. The van der Waals surface area contributed by atoms with Gasteiger partial charge in [-0.1, -0.05) is 26.7 Å². The molecule has 1 aromatic carbocycles. The van der Waals surface area contributed by atoms with Crippen molar-refractivity contribution in [2.75, 3.05) is 20.2 Å². The van der Waals surface area contributed by atoms with Gasteiger partial charge in [-0.25, -0.2) is 0 Å². The number of rotatable bonds is 4. The minimum Gasteiger partial charge on any atom is -0.496 e. The number of likely N-dealkylation sites (tertiary alicyclic amines) is 1. The van der Waals surface area contributed by atoms with Crippen LogP contribution in [0, 0.1) is 5.41 Å². The Balaban J connectivity index is 2.07. The molecule has 2 rings (SSSR count). The summed E-state index contributed by atoms with van der Waals surface area (Å²) in [5.41, 5.74) is 1.17. The highest BCUT2D eigenvalue weighted by Crippen LogP contribution is 2.38. The number of benzene rings is 1. The minimum absolute atomic E-state index is 0.124. The molecule has 1 aromatic rings. The molecule has 1 saturated heterocycles. The predicted octanol–water partition coefficient (Wildman–Crippen LogP) is 4.50. The van der Waals surface area contributed by atoms with Gasteiger partial charge in [0.1, 0.15) is 5.75 Å². The van der Waals surface area contributed by atoms with E-state index in [1.54, 1.807) is 7.11 Å². The molecule has 0 atom stereocenters. The third-order valence-electron chi connectivity index (χ3n) is 5.01. The zero-order valence-corrected chi connectivity index (χ0v) is 14.7. The molecule has 0 bridgehead atoms. The molecule has 4 heteroatoms. The Kier molecular flexibility index (Phi) is 5.31. The van der Waals surface area contributed by atoms with Crippen LogP contribution < -0.4 is 4.74 Å². The van der Waals surface area contributed by atoms with Gasteiger partial charge in [0, 0.05) is 18.7 Å². The van der Waals surface area contributed by atoms with E-state index in [9.17, 15) is 4.79 Å². The maximum atomic E-state index is 12.6. The number of carbonyl (C=O) groups is 1. The summed E-state index contributed by atoms with van der Waals surface area (Å²) in [5.74, 6) is 0.875. The van der Waals surface area contributed by atoms with Crippen molar-refractivity contribution in [3.05, 3.63) is 28.2 Å². The van der Waals surface area contributed by atoms with Crippen LogP contribution in [0.1, 0.15) is 49.9 Å². The number of hydrogen-bond acceptors (Lipinski definition) is 2. The molecule has 1 fully saturated rings. The van der Waals surface area contributed by atoms with Crippen molar-refractivity contribution in [1.29, 1.82) is 0 Å². The molecule has 21 heavy (non-hydrogen) atoms. The summed E-state index contributed by atoms with van der Waals surface area (Å²) in [5, 5.41) is 0. The molecule has 3 nitrogen and oxygen atoms in total. The molecule has 0 aromatic heterocycles. The van der Waals surface area contributed by atoms with Gasteiger partial charge >= 0.3 is 0 Å². The lowest BCUT2D eigenvalue weighted by Crippen LogP contribution is -2.42. The van der Waals surface area contributed by atoms with E-state index < -0.39 is 0 Å². The van der Waals surface area contributed by atoms with E-state index in [0.717, 1.165) is 41.7 Å². The lowest BCUT2D eigenvalue weighted by Gasteiger charge is -2.41. The molecule has 1 amide bonds. The second-order valence-corrected chi connectivity index (χ2v) is 6.70. The highest BCUT2D eigenvalue weighted by atomic mass is 79.9. The number of ether oxygens (including phenoxy) is 1. The number of amides is 1. The lowest BCUT2D eigenvalue weighted by molar-refractivity contribution is 0.0557. The SMILES string of the molecule is CCC1(CC)CCN(C(=O)c2ccc(OC)c(Br)c2)CC1. The maximum Gasteiger partial charge on any atom is 0.253 e. The monoisotopic (exact) mass is 353 g/mol. The van der Waals surface area contributed by atoms with E-state index in [0.29, 0.717) is 5.41 Å². The number of hydrogen-bond donors (Lipinski definition) is 0. The summed E-state index contributed by atoms with van der Waals surface area (Å²) in [6.07, 6.45) is 4.64. The van der Waals surface area contributed by atoms with Crippen LogP contribution in [0.3, 0.4) is 0 Å². The zero-order valence-electron chi connectivity index (χ0n) is 13.1. The van der Waals surface area contributed by atoms with E-state index in [1.165, 1.54) is 12.8 Å². The number of halogens is 1. The van der Waals surface area contributed by atoms with Crippen molar-refractivity contribution in [2.45, 2.75) is 39.5 Å². The van der Waals surface area contributed by atoms with Gasteiger partial charge in [0.05, 0.1) is 11.6 Å². The number of piperidine rings is 1. The molecule has 116 valence electrons. The quantitative estimate of drug-likeness (QED) is 0.797. The fourth-order valence-electron chi connectivity index (χ4n) is 3.12. The van der Waals surface area contributed by atoms with E-state index in [1.807, 2.05) is 23.1 Å². The largest absolute Gasteiger partial charge is 0.496 e. The molecule has 0 saturated carbocycles. The van der Waals surface area contributed by atoms with Crippen molar-refractivity contribution in [3.63, 3.8) is 0 Å². The first-order valence-corrected chi connectivity index (χ1v) is 8.47. The summed E-state index contributed by atoms with van der Waals surface area (Å²) in [6.45, 7) is 6.26. The Labute approximate surface area is 135 Å². The third kappa shape index (κ3) is 3.42. The van der Waals surface area contributed by atoms with Crippen LogP contribution in [0.25, 0.3) is 0 Å². The lowest BCUT2D eigenvalue weighted by atomic mass is 9.74. The number of carbonyl (C=O) groups excluding carboxylic acids is 1. The first kappa shape index (κ1) is 16.3. The Bertz CT molecular complexity index is 502. The molecule has 1 aliphatic heterocycles. The smallest absolute Gasteiger partial charge is 0.253 e. The number of nitrogens with zero attached hydrogens (tertiary/aromatic N) is 1. The van der Waals surface area contributed by atoms with Gasteiger partial charge < -0.3 is 9.64 Å². The molecule has 0 N–H and O–H groups in total. The van der Waals surface area contributed by atoms with Crippen LogP contribution in [-0.2, 0) is 0 Å². The van der Waals surface area contributed by atoms with Gasteiger partial charge in [-0.05, 0) is 52.4 Å². The Hall–Kier alpha value is -1.03. The van der Waals surface area contributed by atoms with Gasteiger partial charge in [0.2, 0.25) is 0 Å². The van der Waals surface area contributed by atoms with Crippen LogP contribution in [0.5, 0.6) is 5.75 Å². The molecule has 0 spiro atoms. The Morgan fingerprint density at radius 3 is 2.38 bits per heavy atom. The Morgan fingerprint density at radius 1 is 1.29 bits per heavy atom. The van der Waals surface area contributed by atoms with Gasteiger partial charge in [-0.2, -0.15) is 0 Å². The zero-order chi connectivity index (χ0) is 15.5. The van der Waals surface area contributed by atoms with E-state index in [2.05, 4.69) is 29.8 Å². The van der Waals surface area contributed by atoms with Crippen molar-refractivity contribution >= 4 is 21.8 Å². The molecule has 0 radical (unpaired) electrons. The van der Waals surface area contributed by atoms with Gasteiger partial charge in [-0.15, -0.1) is 0 Å². The fraction of sp³-hybridized carbons (Fsp3) is 0.588. The van der Waals surface area contributed by atoms with Crippen LogP contribution in [0.2, 0.25) is 0 Å². The topological polar surface area (TPSA) is 29.5 Å². The van der Waals surface area contributed by atoms with Crippen molar-refractivity contribution < 1.29 is 9.53 Å². The maximum absolute atomic E-state index is 12.6. The highest BCUT2D eigenvalue weighted by molar-refractivity contribution is 9.10. The average molecular weight is 354 g/mol. The van der Waals surface area contributed by atoms with Crippen molar-refractivity contribution in [1.82, 2.24) is 4.90 Å². The summed E-state index contributed by atoms with van der Waals surface area (Å²) >= 11 is 3.44. The molecule has 0 unspecified atom stereocenters. The van der Waals surface area contributed by atoms with Gasteiger partial charge in [0.15, 0.2) is 0 Å². The van der Waals surface area contributed by atoms with Crippen LogP contribution in [-0.4, -0.2) is 31.0 Å². The van der Waals surface area contributed by atoms with E-state index in [-0.39, 0.29) is 5.91 Å². The standard InChI is InChI=1S/C17H24BrNO2/c1-4-17(5-2)8-10-19(11-9-17)16(20)13-6-7-15(21-3)14(18)12-13/h6-7,12H,4-5,8-11H2,1-3H3. The van der Waals surface area contributed by atoms with Crippen LogP contribution in [0.15, 0.2) is 22.7 Å². The van der Waals surface area contributed by atoms with Crippen molar-refractivity contribution in [2.24, 2.45) is 5.41 Å². The second kappa shape index (κ2) is 6.82. The van der Waals surface area contributed by atoms with Gasteiger partial charge in [-0.3, -0.25) is 4.79 Å². The molecule has 1 heterocycles. The molecule has 1 aliphatic rings. The predicted molar refractivity (Wildman–Crippen MR) is 88.8 cm³/mol. The summed E-state index contributed by atoms with van der Waals surface area (Å²) in [7, 11) is 1.63. The van der Waals surface area contributed by atoms with Gasteiger partial charge in [0.25, 0.3) is 5.91 Å². The van der Waals surface area contributed by atoms with Crippen LogP contribution in [0.4, 0.5) is 0 Å². The second-order valence-electron chi connectivity index (χ2n) is 5.85. The molecular weight excluding hydrogens is 330 g/mol. The summed E-state index contributed by atoms with van der Waals surface area (Å²) in [6, 6.07) is 5.53. The van der Waals surface area contributed by atoms with E-state index in [4.69, 9.17) is 4.74 Å². The highest BCUT2D eigenvalue weighted by Gasteiger charge is 2.33. The summed E-state index contributed by atoms with van der Waals surface area (Å²) < 4.78 is 6.03. The first-order valence-electron chi connectivity index (χ1n) is 7.68. The molecular formula is C17H24BrNO2. The molecule has 0 aliphatic carbocycles. The third-order valence-corrected chi connectivity index (χ3v) is 5.63. The minimum atomic E-state index is 0.124. The average Bonchev–Trinajstić information content (AvgIpc) is 2.54. The fourth-order valence-corrected chi connectivity index (χ4v) is 3.66. The normalized spacial score (nSPS) is 17.6. The summed E-state index contributed by atoms with van der Waals surface area (Å²) in [4.78, 5) is 14.6. The first-order chi connectivity index (χ1) is 10.0. The van der Waals surface area contributed by atoms with E-state index >= 15 is 0 Å².